The lowest BCUT2D eigenvalue weighted by Crippen LogP contribution is -1.88. The highest BCUT2D eigenvalue weighted by molar-refractivity contribution is 14.1. The summed E-state index contributed by atoms with van der Waals surface area (Å²) >= 11 is 5.12. The van der Waals surface area contributed by atoms with Crippen LogP contribution in [0.4, 0.5) is 4.39 Å². The lowest BCUT2D eigenvalue weighted by atomic mass is 10.2. The second-order valence-corrected chi connectivity index (χ2v) is 4.66. The van der Waals surface area contributed by atoms with Gasteiger partial charge in [-0.05, 0) is 44.6 Å². The summed E-state index contributed by atoms with van der Waals surface area (Å²) in [6, 6.07) is 1.74. The van der Waals surface area contributed by atoms with E-state index in [-0.39, 0.29) is 5.82 Å². The topological polar surface area (TPSA) is 17.8 Å². The largest absolute Gasteiger partial charge is 0.275 e. The zero-order valence-electron chi connectivity index (χ0n) is 6.68. The fraction of sp³-hybridized carbons (Fsp3) is 0.125. The van der Waals surface area contributed by atoms with Crippen LogP contribution in [-0.2, 0) is 7.05 Å². The fourth-order valence-corrected chi connectivity index (χ4v) is 2.72. The van der Waals surface area contributed by atoms with E-state index in [2.05, 4.69) is 21.0 Å². The molecule has 0 aliphatic carbocycles. The molecule has 0 spiro atoms. The van der Waals surface area contributed by atoms with Gasteiger partial charge in [-0.15, -0.1) is 0 Å². The van der Waals surface area contributed by atoms with Gasteiger partial charge >= 0.3 is 0 Å². The zero-order chi connectivity index (χ0) is 9.59. The number of halogens is 3. The minimum absolute atomic E-state index is 0.244. The summed E-state index contributed by atoms with van der Waals surface area (Å²) in [7, 11) is 1.82. The standard InChI is InChI=1S/C8H5BrFIN2/c1-13-3-4-2-5(9)6(10)7(11)8(4)12-13/h2-3H,1H3. The van der Waals surface area contributed by atoms with Crippen molar-refractivity contribution in [2.75, 3.05) is 0 Å². The summed E-state index contributed by atoms with van der Waals surface area (Å²) in [5.41, 5.74) is 0.712. The maximum Gasteiger partial charge on any atom is 0.152 e. The number of aryl methyl sites for hydroxylation is 1. The van der Waals surface area contributed by atoms with Crippen molar-refractivity contribution in [3.05, 3.63) is 26.1 Å². The molecule has 0 amide bonds. The Kier molecular flexibility index (Phi) is 2.31. The Bertz CT molecular complexity index is 480. The highest BCUT2D eigenvalue weighted by Crippen LogP contribution is 2.28. The van der Waals surface area contributed by atoms with Gasteiger partial charge in [-0.2, -0.15) is 5.10 Å². The van der Waals surface area contributed by atoms with Crippen LogP contribution < -0.4 is 0 Å². The molecule has 2 rings (SSSR count). The first-order valence-corrected chi connectivity index (χ1v) is 5.43. The van der Waals surface area contributed by atoms with Gasteiger partial charge in [-0.3, -0.25) is 4.68 Å². The van der Waals surface area contributed by atoms with Crippen LogP contribution in [0.5, 0.6) is 0 Å². The Labute approximate surface area is 96.4 Å². The van der Waals surface area contributed by atoms with E-state index >= 15 is 0 Å². The summed E-state index contributed by atoms with van der Waals surface area (Å²) in [5, 5.41) is 5.11. The van der Waals surface area contributed by atoms with E-state index < -0.39 is 0 Å². The molecule has 0 aliphatic rings. The van der Waals surface area contributed by atoms with Gasteiger partial charge in [-0.25, -0.2) is 4.39 Å². The molecule has 0 N–H and O–H groups in total. The minimum Gasteiger partial charge on any atom is -0.275 e. The van der Waals surface area contributed by atoms with Crippen LogP contribution in [-0.4, -0.2) is 9.78 Å². The van der Waals surface area contributed by atoms with Crippen molar-refractivity contribution in [2.24, 2.45) is 7.05 Å². The number of aromatic nitrogens is 2. The Balaban J connectivity index is 2.92. The van der Waals surface area contributed by atoms with E-state index in [1.54, 1.807) is 10.7 Å². The van der Waals surface area contributed by atoms with Gasteiger partial charge in [-0.1, -0.05) is 0 Å². The maximum atomic E-state index is 13.4. The van der Waals surface area contributed by atoms with Crippen LogP contribution in [0.2, 0.25) is 0 Å². The van der Waals surface area contributed by atoms with E-state index in [0.29, 0.717) is 13.6 Å². The second-order valence-electron chi connectivity index (χ2n) is 2.73. The highest BCUT2D eigenvalue weighted by Gasteiger charge is 2.11. The van der Waals surface area contributed by atoms with Crippen molar-refractivity contribution in [2.45, 2.75) is 0 Å². The fourth-order valence-electron chi connectivity index (χ4n) is 1.19. The first kappa shape index (κ1) is 9.39. The van der Waals surface area contributed by atoms with Crippen molar-refractivity contribution >= 4 is 49.4 Å². The molecule has 13 heavy (non-hydrogen) atoms. The van der Waals surface area contributed by atoms with Crippen molar-refractivity contribution < 1.29 is 4.39 Å². The number of hydrogen-bond donors (Lipinski definition) is 0. The van der Waals surface area contributed by atoms with Crippen molar-refractivity contribution in [3.63, 3.8) is 0 Å². The third-order valence-corrected chi connectivity index (χ3v) is 3.31. The molecule has 0 radical (unpaired) electrons. The Morgan fingerprint density at radius 1 is 1.62 bits per heavy atom. The number of rotatable bonds is 0. The van der Waals surface area contributed by atoms with Crippen molar-refractivity contribution in [1.82, 2.24) is 9.78 Å². The molecule has 0 saturated heterocycles. The summed E-state index contributed by atoms with van der Waals surface area (Å²) in [6.07, 6.45) is 1.86. The SMILES string of the molecule is Cn1cc2cc(Br)c(F)c(I)c2n1. The molecule has 0 bridgehead atoms. The maximum absolute atomic E-state index is 13.4. The quantitative estimate of drug-likeness (QED) is 0.525. The number of fused-ring (bicyclic) bond motifs is 1. The van der Waals surface area contributed by atoms with Gasteiger partial charge in [0.2, 0.25) is 0 Å². The lowest BCUT2D eigenvalue weighted by molar-refractivity contribution is 0.615. The van der Waals surface area contributed by atoms with Crippen molar-refractivity contribution in [1.29, 1.82) is 0 Å². The molecular weight excluding hydrogens is 350 g/mol. The summed E-state index contributed by atoms with van der Waals surface area (Å²) in [4.78, 5) is 0. The third-order valence-electron chi connectivity index (χ3n) is 1.75. The monoisotopic (exact) mass is 354 g/mol. The predicted molar refractivity (Wildman–Crippen MR) is 61.1 cm³/mol. The molecular formula is C8H5BrFIN2. The van der Waals surface area contributed by atoms with E-state index in [1.807, 2.05) is 35.8 Å². The molecule has 2 nitrogen and oxygen atoms in total. The van der Waals surface area contributed by atoms with Crippen LogP contribution in [0, 0.1) is 9.39 Å². The number of hydrogen-bond acceptors (Lipinski definition) is 1. The molecule has 68 valence electrons. The van der Waals surface area contributed by atoms with E-state index in [0.717, 1.165) is 5.39 Å². The van der Waals surface area contributed by atoms with Gasteiger partial charge < -0.3 is 0 Å². The average molecular weight is 355 g/mol. The Hall–Kier alpha value is -0.170. The van der Waals surface area contributed by atoms with Crippen LogP contribution in [0.15, 0.2) is 16.7 Å². The highest BCUT2D eigenvalue weighted by atomic mass is 127. The second kappa shape index (κ2) is 3.20. The molecule has 1 aromatic carbocycles. The summed E-state index contributed by atoms with van der Waals surface area (Å²) < 4.78 is 16.1. The molecule has 1 heterocycles. The third kappa shape index (κ3) is 1.48. The Morgan fingerprint density at radius 2 is 2.31 bits per heavy atom. The lowest BCUT2D eigenvalue weighted by Gasteiger charge is -1.97. The number of benzene rings is 1. The van der Waals surface area contributed by atoms with E-state index in [1.165, 1.54) is 0 Å². The van der Waals surface area contributed by atoms with Crippen LogP contribution in [0.1, 0.15) is 0 Å². The predicted octanol–water partition coefficient (Wildman–Crippen LogP) is 3.08. The average Bonchev–Trinajstić information content (AvgIpc) is 2.42. The van der Waals surface area contributed by atoms with E-state index in [4.69, 9.17) is 0 Å². The van der Waals surface area contributed by atoms with Gasteiger partial charge in [0.15, 0.2) is 5.82 Å². The van der Waals surface area contributed by atoms with Gasteiger partial charge in [0.25, 0.3) is 0 Å². The van der Waals surface area contributed by atoms with Gasteiger partial charge in [0, 0.05) is 18.6 Å². The molecule has 5 heteroatoms. The summed E-state index contributed by atoms with van der Waals surface area (Å²) in [6.45, 7) is 0. The molecule has 0 atom stereocenters. The first-order valence-electron chi connectivity index (χ1n) is 3.56. The smallest absolute Gasteiger partial charge is 0.152 e. The van der Waals surface area contributed by atoms with Crippen LogP contribution >= 0.6 is 38.5 Å². The molecule has 0 saturated carbocycles. The van der Waals surface area contributed by atoms with Gasteiger partial charge in [0.1, 0.15) is 5.52 Å². The molecule has 1 aromatic heterocycles. The normalized spacial score (nSPS) is 11.1. The molecule has 0 fully saturated rings. The van der Waals surface area contributed by atoms with E-state index in [9.17, 15) is 4.39 Å². The first-order chi connectivity index (χ1) is 6.09. The zero-order valence-corrected chi connectivity index (χ0v) is 10.4. The van der Waals surface area contributed by atoms with Crippen LogP contribution in [0.3, 0.4) is 0 Å². The molecule has 0 aliphatic heterocycles. The molecule has 2 aromatic rings. The van der Waals surface area contributed by atoms with Gasteiger partial charge in [0.05, 0.1) is 8.04 Å². The molecule has 0 unspecified atom stereocenters. The number of nitrogens with zero attached hydrogens (tertiary/aromatic N) is 2. The summed E-state index contributed by atoms with van der Waals surface area (Å²) in [5.74, 6) is -0.244. The van der Waals surface area contributed by atoms with Crippen molar-refractivity contribution in [3.8, 4) is 0 Å². The minimum atomic E-state index is -0.244. The van der Waals surface area contributed by atoms with Crippen LogP contribution in [0.25, 0.3) is 10.9 Å². The Morgan fingerprint density at radius 3 is 3.00 bits per heavy atom.